The Kier molecular flexibility index (Phi) is 4.95. The van der Waals surface area contributed by atoms with Gasteiger partial charge in [0.2, 0.25) is 0 Å². The Morgan fingerprint density at radius 1 is 1.27 bits per heavy atom. The zero-order valence-corrected chi connectivity index (χ0v) is 9.24. The lowest BCUT2D eigenvalue weighted by molar-refractivity contribution is 0.204. The monoisotopic (exact) mass is 208 g/mol. The van der Waals surface area contributed by atoms with Gasteiger partial charge in [-0.1, -0.05) is 25.0 Å². The van der Waals surface area contributed by atoms with E-state index in [0.717, 1.165) is 12.8 Å². The Bertz CT molecular complexity index is 222. The maximum Gasteiger partial charge on any atom is 0.318 e. The molecule has 0 saturated heterocycles. The van der Waals surface area contributed by atoms with E-state index in [-0.39, 0.29) is 6.03 Å². The summed E-state index contributed by atoms with van der Waals surface area (Å²) in [6, 6.07) is 0.372. The summed E-state index contributed by atoms with van der Waals surface area (Å²) >= 11 is 0. The number of hydrogen-bond donors (Lipinski definition) is 1. The second-order valence-corrected chi connectivity index (χ2v) is 3.91. The molecule has 0 aromatic rings. The summed E-state index contributed by atoms with van der Waals surface area (Å²) < 4.78 is 0. The standard InChI is InChI=1S/C12H20N2O/c1-3-9-14(10-4-2)12(15)13-11-7-5-6-8-11/h3-4,11H,1-2,5-10H2,(H,13,15). The molecule has 1 aliphatic carbocycles. The lowest BCUT2D eigenvalue weighted by Crippen LogP contribution is -2.44. The number of rotatable bonds is 5. The lowest BCUT2D eigenvalue weighted by atomic mass is 10.2. The van der Waals surface area contributed by atoms with Gasteiger partial charge < -0.3 is 10.2 Å². The molecule has 3 heteroatoms. The zero-order chi connectivity index (χ0) is 11.1. The van der Waals surface area contributed by atoms with Crippen LogP contribution in [0.15, 0.2) is 25.3 Å². The fraction of sp³-hybridized carbons (Fsp3) is 0.583. The third-order valence-corrected chi connectivity index (χ3v) is 2.67. The summed E-state index contributed by atoms with van der Waals surface area (Å²) in [7, 11) is 0. The molecule has 0 aliphatic heterocycles. The van der Waals surface area contributed by atoms with Gasteiger partial charge in [-0.2, -0.15) is 0 Å². The summed E-state index contributed by atoms with van der Waals surface area (Å²) in [5, 5.41) is 3.04. The maximum absolute atomic E-state index is 11.8. The van der Waals surface area contributed by atoms with Crippen LogP contribution in [0.25, 0.3) is 0 Å². The van der Waals surface area contributed by atoms with E-state index in [1.54, 1.807) is 17.1 Å². The van der Waals surface area contributed by atoms with Crippen molar-refractivity contribution in [1.29, 1.82) is 0 Å². The zero-order valence-electron chi connectivity index (χ0n) is 9.24. The number of urea groups is 1. The molecule has 2 amide bonds. The first-order chi connectivity index (χ1) is 7.27. The van der Waals surface area contributed by atoms with Gasteiger partial charge in [0.1, 0.15) is 0 Å². The first-order valence-corrected chi connectivity index (χ1v) is 5.55. The lowest BCUT2D eigenvalue weighted by Gasteiger charge is -2.22. The van der Waals surface area contributed by atoms with Gasteiger partial charge in [0, 0.05) is 19.1 Å². The van der Waals surface area contributed by atoms with Crippen LogP contribution in [-0.4, -0.2) is 30.1 Å². The van der Waals surface area contributed by atoms with Gasteiger partial charge in [-0.25, -0.2) is 4.79 Å². The average Bonchev–Trinajstić information content (AvgIpc) is 2.70. The summed E-state index contributed by atoms with van der Waals surface area (Å²) in [5.41, 5.74) is 0. The molecular weight excluding hydrogens is 188 g/mol. The highest BCUT2D eigenvalue weighted by Gasteiger charge is 2.19. The Morgan fingerprint density at radius 3 is 2.27 bits per heavy atom. The van der Waals surface area contributed by atoms with E-state index in [1.165, 1.54) is 12.8 Å². The van der Waals surface area contributed by atoms with E-state index in [9.17, 15) is 4.79 Å². The van der Waals surface area contributed by atoms with Crippen LogP contribution in [0.2, 0.25) is 0 Å². The first-order valence-electron chi connectivity index (χ1n) is 5.55. The molecule has 0 aromatic carbocycles. The van der Waals surface area contributed by atoms with Gasteiger partial charge in [0.15, 0.2) is 0 Å². The predicted molar refractivity (Wildman–Crippen MR) is 62.8 cm³/mol. The minimum absolute atomic E-state index is 0.00157. The summed E-state index contributed by atoms with van der Waals surface area (Å²) in [6.45, 7) is 8.43. The molecule has 0 heterocycles. The van der Waals surface area contributed by atoms with Crippen LogP contribution in [-0.2, 0) is 0 Å². The van der Waals surface area contributed by atoms with Crippen LogP contribution in [0.4, 0.5) is 4.79 Å². The fourth-order valence-electron chi connectivity index (χ4n) is 1.89. The molecule has 1 saturated carbocycles. The molecule has 0 atom stereocenters. The number of nitrogens with zero attached hydrogens (tertiary/aromatic N) is 1. The summed E-state index contributed by atoms with van der Waals surface area (Å²) in [5.74, 6) is 0. The maximum atomic E-state index is 11.8. The summed E-state index contributed by atoms with van der Waals surface area (Å²) in [4.78, 5) is 13.5. The molecule has 0 bridgehead atoms. The van der Waals surface area contributed by atoms with Gasteiger partial charge in [0.05, 0.1) is 0 Å². The van der Waals surface area contributed by atoms with Crippen LogP contribution < -0.4 is 5.32 Å². The molecule has 0 radical (unpaired) electrons. The number of nitrogens with one attached hydrogen (secondary N) is 1. The minimum Gasteiger partial charge on any atom is -0.335 e. The van der Waals surface area contributed by atoms with Crippen LogP contribution in [0.1, 0.15) is 25.7 Å². The van der Waals surface area contributed by atoms with Crippen molar-refractivity contribution in [3.8, 4) is 0 Å². The van der Waals surface area contributed by atoms with Crippen LogP contribution in [0.3, 0.4) is 0 Å². The number of amides is 2. The molecule has 1 N–H and O–H groups in total. The van der Waals surface area contributed by atoms with E-state index >= 15 is 0 Å². The molecule has 0 aromatic heterocycles. The number of carbonyl (C=O) groups excluding carboxylic acids is 1. The van der Waals surface area contributed by atoms with Crippen molar-refractivity contribution in [2.24, 2.45) is 0 Å². The van der Waals surface area contributed by atoms with E-state index in [4.69, 9.17) is 0 Å². The highest BCUT2D eigenvalue weighted by Crippen LogP contribution is 2.17. The average molecular weight is 208 g/mol. The molecule has 15 heavy (non-hydrogen) atoms. The SMILES string of the molecule is C=CCN(CC=C)C(=O)NC1CCCC1. The molecule has 84 valence electrons. The van der Waals surface area contributed by atoms with Gasteiger partial charge in [0.25, 0.3) is 0 Å². The molecular formula is C12H20N2O. The highest BCUT2D eigenvalue weighted by molar-refractivity contribution is 5.74. The molecule has 0 unspecified atom stereocenters. The third-order valence-electron chi connectivity index (χ3n) is 2.67. The van der Waals surface area contributed by atoms with Gasteiger partial charge in [-0.15, -0.1) is 13.2 Å². The summed E-state index contributed by atoms with van der Waals surface area (Å²) in [6.07, 6.45) is 8.15. The largest absolute Gasteiger partial charge is 0.335 e. The highest BCUT2D eigenvalue weighted by atomic mass is 16.2. The minimum atomic E-state index is 0.00157. The van der Waals surface area contributed by atoms with Gasteiger partial charge in [-0.05, 0) is 12.8 Å². The van der Waals surface area contributed by atoms with E-state index < -0.39 is 0 Å². The third kappa shape index (κ3) is 3.78. The molecule has 3 nitrogen and oxygen atoms in total. The molecule has 1 rings (SSSR count). The topological polar surface area (TPSA) is 32.3 Å². The van der Waals surface area contributed by atoms with Crippen molar-refractivity contribution in [3.63, 3.8) is 0 Å². The van der Waals surface area contributed by atoms with Crippen molar-refractivity contribution in [3.05, 3.63) is 25.3 Å². The first kappa shape index (κ1) is 11.8. The number of carbonyl (C=O) groups is 1. The van der Waals surface area contributed by atoms with E-state index in [1.807, 2.05) is 0 Å². The van der Waals surface area contributed by atoms with E-state index in [2.05, 4.69) is 18.5 Å². The van der Waals surface area contributed by atoms with Crippen molar-refractivity contribution >= 4 is 6.03 Å². The van der Waals surface area contributed by atoms with Crippen molar-refractivity contribution in [2.45, 2.75) is 31.7 Å². The number of hydrogen-bond acceptors (Lipinski definition) is 1. The Hall–Kier alpha value is -1.25. The van der Waals surface area contributed by atoms with Gasteiger partial charge >= 0.3 is 6.03 Å². The van der Waals surface area contributed by atoms with Crippen molar-refractivity contribution in [1.82, 2.24) is 10.2 Å². The normalized spacial score (nSPS) is 16.0. The quantitative estimate of drug-likeness (QED) is 0.691. The van der Waals surface area contributed by atoms with Crippen LogP contribution in [0, 0.1) is 0 Å². The van der Waals surface area contributed by atoms with Crippen molar-refractivity contribution in [2.75, 3.05) is 13.1 Å². The smallest absolute Gasteiger partial charge is 0.318 e. The Balaban J connectivity index is 2.39. The molecule has 1 aliphatic rings. The van der Waals surface area contributed by atoms with Crippen LogP contribution in [0.5, 0.6) is 0 Å². The molecule has 1 fully saturated rings. The predicted octanol–water partition coefficient (Wildman–Crippen LogP) is 2.31. The van der Waals surface area contributed by atoms with Crippen molar-refractivity contribution < 1.29 is 4.79 Å². The Morgan fingerprint density at radius 2 is 1.80 bits per heavy atom. The fourth-order valence-corrected chi connectivity index (χ4v) is 1.89. The second kappa shape index (κ2) is 6.27. The molecule has 0 spiro atoms. The van der Waals surface area contributed by atoms with Crippen LogP contribution >= 0.6 is 0 Å². The van der Waals surface area contributed by atoms with E-state index in [0.29, 0.717) is 19.1 Å². The Labute approximate surface area is 91.8 Å². The second-order valence-electron chi connectivity index (χ2n) is 3.91. The van der Waals surface area contributed by atoms with Gasteiger partial charge in [-0.3, -0.25) is 0 Å².